The molecule has 1 fully saturated rings. The first-order chi connectivity index (χ1) is 20.8. The summed E-state index contributed by atoms with van der Waals surface area (Å²) in [5.74, 6) is -0.0503. The first-order valence-electron chi connectivity index (χ1n) is 14.5. The number of benzene rings is 3. The van der Waals surface area contributed by atoms with E-state index in [2.05, 4.69) is 86.3 Å². The quantitative estimate of drug-likeness (QED) is 0.197. The van der Waals surface area contributed by atoms with Gasteiger partial charge in [0.15, 0.2) is 5.11 Å². The predicted molar refractivity (Wildman–Crippen MR) is 179 cm³/mol. The maximum Gasteiger partial charge on any atom is 0.226 e. The van der Waals surface area contributed by atoms with Crippen LogP contribution in [0.15, 0.2) is 97.2 Å². The van der Waals surface area contributed by atoms with Gasteiger partial charge >= 0.3 is 0 Å². The molecule has 5 aromatic rings. The molecule has 0 unspecified atom stereocenters. The number of fused-ring (bicyclic) bond motifs is 1. The number of amides is 1. The van der Waals surface area contributed by atoms with Crippen LogP contribution in [0, 0.1) is 13.8 Å². The number of hydrogen-bond acceptors (Lipinski definition) is 4. The van der Waals surface area contributed by atoms with Crippen molar-refractivity contribution in [2.24, 2.45) is 0 Å². The Hall–Kier alpha value is -4.69. The van der Waals surface area contributed by atoms with Crippen molar-refractivity contribution >= 4 is 45.4 Å². The fraction of sp³-hybridized carbons (Fsp3) is 0.229. The third-order valence-corrected chi connectivity index (χ3v) is 8.61. The van der Waals surface area contributed by atoms with E-state index < -0.39 is 0 Å². The molecule has 0 spiro atoms. The molecule has 0 radical (unpaired) electrons. The maximum atomic E-state index is 13.3. The molecule has 1 aliphatic rings. The Morgan fingerprint density at radius 3 is 2.47 bits per heavy atom. The number of nitrogens with zero attached hydrogens (tertiary/aromatic N) is 4. The van der Waals surface area contributed by atoms with Crippen LogP contribution >= 0.6 is 12.2 Å². The zero-order chi connectivity index (χ0) is 30.1. The lowest BCUT2D eigenvalue weighted by molar-refractivity contribution is -0.116. The SMILES string of the molecule is Cc1cc([C@@H]2[C@H](c3ccccn3)NC(=S)N2CCC(=O)Nc2cccc3ccccc23)c(C)n1-c1ccc(N(C)C)cc1. The summed E-state index contributed by atoms with van der Waals surface area (Å²) in [5, 5.41) is 9.40. The number of nitrogens with one attached hydrogen (secondary N) is 2. The van der Waals surface area contributed by atoms with E-state index in [0.29, 0.717) is 18.1 Å². The molecule has 2 N–H and O–H groups in total. The summed E-state index contributed by atoms with van der Waals surface area (Å²) in [6, 6.07) is 30.5. The summed E-state index contributed by atoms with van der Waals surface area (Å²) in [7, 11) is 4.09. The summed E-state index contributed by atoms with van der Waals surface area (Å²) >= 11 is 5.90. The fourth-order valence-electron chi connectivity index (χ4n) is 6.14. The van der Waals surface area contributed by atoms with Crippen molar-refractivity contribution in [2.75, 3.05) is 30.9 Å². The van der Waals surface area contributed by atoms with Crippen molar-refractivity contribution in [3.8, 4) is 5.69 Å². The molecule has 6 rings (SSSR count). The number of rotatable bonds is 8. The number of aromatic nitrogens is 2. The number of aryl methyl sites for hydroxylation is 1. The van der Waals surface area contributed by atoms with E-state index in [-0.39, 0.29) is 18.0 Å². The Morgan fingerprint density at radius 1 is 0.977 bits per heavy atom. The van der Waals surface area contributed by atoms with E-state index in [1.54, 1.807) is 0 Å². The molecule has 7 nitrogen and oxygen atoms in total. The van der Waals surface area contributed by atoms with E-state index >= 15 is 0 Å². The Kier molecular flexibility index (Phi) is 7.86. The molecule has 0 bridgehead atoms. The van der Waals surface area contributed by atoms with Gasteiger partial charge in [-0.1, -0.05) is 42.5 Å². The van der Waals surface area contributed by atoms with Gasteiger partial charge in [-0.15, -0.1) is 0 Å². The summed E-state index contributed by atoms with van der Waals surface area (Å²) < 4.78 is 2.29. The first-order valence-corrected chi connectivity index (χ1v) is 14.9. The Bertz CT molecular complexity index is 1770. The number of thiocarbonyl (C=S) groups is 1. The smallest absolute Gasteiger partial charge is 0.226 e. The number of carbonyl (C=O) groups excluding carboxylic acids is 1. The summed E-state index contributed by atoms with van der Waals surface area (Å²) in [4.78, 5) is 22.2. The number of carbonyl (C=O) groups is 1. The van der Waals surface area contributed by atoms with Crippen molar-refractivity contribution in [3.05, 3.63) is 120 Å². The third-order valence-electron chi connectivity index (χ3n) is 8.25. The topological polar surface area (TPSA) is 65.4 Å². The highest BCUT2D eigenvalue weighted by atomic mass is 32.1. The van der Waals surface area contributed by atoms with Crippen LogP contribution in [0.25, 0.3) is 16.5 Å². The van der Waals surface area contributed by atoms with E-state index in [0.717, 1.165) is 50.5 Å². The third kappa shape index (κ3) is 5.58. The lowest BCUT2D eigenvalue weighted by Gasteiger charge is -2.28. The number of pyridine rings is 1. The van der Waals surface area contributed by atoms with Gasteiger partial charge in [0, 0.05) is 67.1 Å². The van der Waals surface area contributed by atoms with E-state index in [9.17, 15) is 4.79 Å². The van der Waals surface area contributed by atoms with Crippen LogP contribution < -0.4 is 15.5 Å². The van der Waals surface area contributed by atoms with Gasteiger partial charge in [-0.2, -0.15) is 0 Å². The van der Waals surface area contributed by atoms with Crippen LogP contribution in [0.4, 0.5) is 11.4 Å². The molecule has 3 aromatic carbocycles. The second-order valence-corrected chi connectivity index (χ2v) is 11.6. The molecule has 1 aliphatic heterocycles. The minimum absolute atomic E-state index is 0.0503. The van der Waals surface area contributed by atoms with E-state index in [4.69, 9.17) is 12.2 Å². The van der Waals surface area contributed by atoms with Gasteiger partial charge in [-0.05, 0) is 85.5 Å². The molecule has 1 saturated heterocycles. The molecular weight excluding hydrogens is 552 g/mol. The van der Waals surface area contributed by atoms with E-state index in [1.807, 2.05) is 68.8 Å². The van der Waals surface area contributed by atoms with Gasteiger partial charge in [0.2, 0.25) is 5.91 Å². The second-order valence-electron chi connectivity index (χ2n) is 11.2. The molecular formula is C35H36N6OS. The molecule has 43 heavy (non-hydrogen) atoms. The molecule has 2 atom stereocenters. The normalized spacial score (nSPS) is 16.4. The van der Waals surface area contributed by atoms with Crippen molar-refractivity contribution in [1.82, 2.24) is 19.8 Å². The van der Waals surface area contributed by atoms with Gasteiger partial charge in [0.05, 0.1) is 17.8 Å². The highest BCUT2D eigenvalue weighted by Gasteiger charge is 2.41. The first kappa shape index (κ1) is 28.4. The fourth-order valence-corrected chi connectivity index (χ4v) is 6.47. The van der Waals surface area contributed by atoms with Crippen LogP contribution in [-0.2, 0) is 4.79 Å². The van der Waals surface area contributed by atoms with Crippen molar-refractivity contribution in [3.63, 3.8) is 0 Å². The van der Waals surface area contributed by atoms with Gasteiger partial charge in [0.25, 0.3) is 0 Å². The molecule has 3 heterocycles. The van der Waals surface area contributed by atoms with Gasteiger partial charge in [-0.25, -0.2) is 0 Å². The largest absolute Gasteiger partial charge is 0.378 e. The van der Waals surface area contributed by atoms with Gasteiger partial charge < -0.3 is 25.0 Å². The molecule has 0 saturated carbocycles. The van der Waals surface area contributed by atoms with Crippen molar-refractivity contribution in [2.45, 2.75) is 32.4 Å². The molecule has 218 valence electrons. The highest BCUT2D eigenvalue weighted by Crippen LogP contribution is 2.41. The van der Waals surface area contributed by atoms with Crippen molar-refractivity contribution < 1.29 is 4.79 Å². The predicted octanol–water partition coefficient (Wildman–Crippen LogP) is 6.71. The molecule has 0 aliphatic carbocycles. The summed E-state index contributed by atoms with van der Waals surface area (Å²) in [6.45, 7) is 4.76. The maximum absolute atomic E-state index is 13.3. The Balaban J connectivity index is 1.30. The average Bonchev–Trinajstić information content (AvgIpc) is 3.50. The summed E-state index contributed by atoms with van der Waals surface area (Å²) in [6.07, 6.45) is 2.11. The number of hydrogen-bond donors (Lipinski definition) is 2. The molecule has 1 amide bonds. The van der Waals surface area contributed by atoms with Crippen LogP contribution in [0.5, 0.6) is 0 Å². The minimum Gasteiger partial charge on any atom is -0.378 e. The Morgan fingerprint density at radius 2 is 1.72 bits per heavy atom. The highest BCUT2D eigenvalue weighted by molar-refractivity contribution is 7.80. The molecule has 2 aromatic heterocycles. The zero-order valence-electron chi connectivity index (χ0n) is 24.9. The average molecular weight is 589 g/mol. The van der Waals surface area contributed by atoms with Gasteiger partial charge in [-0.3, -0.25) is 9.78 Å². The van der Waals surface area contributed by atoms with Gasteiger partial charge in [0.1, 0.15) is 0 Å². The van der Waals surface area contributed by atoms with Crippen molar-refractivity contribution in [1.29, 1.82) is 0 Å². The van der Waals surface area contributed by atoms with Crippen LogP contribution in [0.2, 0.25) is 0 Å². The van der Waals surface area contributed by atoms with Crippen LogP contribution in [0.3, 0.4) is 0 Å². The monoisotopic (exact) mass is 588 g/mol. The molecule has 8 heteroatoms. The lowest BCUT2D eigenvalue weighted by Crippen LogP contribution is -2.33. The number of anilines is 2. The van der Waals surface area contributed by atoms with Crippen LogP contribution in [-0.4, -0.2) is 46.1 Å². The van der Waals surface area contributed by atoms with Crippen LogP contribution in [0.1, 0.15) is 41.1 Å². The lowest BCUT2D eigenvalue weighted by atomic mass is 9.96. The second kappa shape index (κ2) is 11.9. The summed E-state index contributed by atoms with van der Waals surface area (Å²) in [5.41, 5.74) is 7.42. The Labute approximate surface area is 258 Å². The zero-order valence-corrected chi connectivity index (χ0v) is 25.7. The van der Waals surface area contributed by atoms with E-state index in [1.165, 1.54) is 0 Å². The minimum atomic E-state index is -0.153. The standard InChI is InChI=1S/C35H36N6OS/c1-23-22-29(24(2)41(23)27-17-15-26(16-18-27)39(3)4)34-33(31-13-7-8-20-36-31)38-35(43)40(34)21-19-32(42)37-30-14-9-11-25-10-5-6-12-28(25)30/h5-18,20,22,33-34H,19,21H2,1-4H3,(H,37,42)(H,38,43)/t33-,34+/m0/s1.